The molecular formula is C13H18O3S. The SMILES string of the molecule is CC(=O)Cc1ccc(C(C)(C)S(C)(=O)=O)cc1. The molecule has 0 aromatic heterocycles. The van der Waals surface area contributed by atoms with Crippen LogP contribution in [0.15, 0.2) is 24.3 Å². The summed E-state index contributed by atoms with van der Waals surface area (Å²) < 4.78 is 22.4. The van der Waals surface area contributed by atoms with Crippen LogP contribution < -0.4 is 0 Å². The zero-order valence-corrected chi connectivity index (χ0v) is 11.5. The molecule has 0 radical (unpaired) electrons. The summed E-state index contributed by atoms with van der Waals surface area (Å²) in [6.07, 6.45) is 1.62. The van der Waals surface area contributed by atoms with Crippen LogP contribution in [0, 0.1) is 0 Å². The zero-order chi connectivity index (χ0) is 13.3. The van der Waals surface area contributed by atoms with Gasteiger partial charge in [-0.15, -0.1) is 0 Å². The largest absolute Gasteiger partial charge is 0.300 e. The summed E-state index contributed by atoms with van der Waals surface area (Å²) in [6.45, 7) is 4.90. The van der Waals surface area contributed by atoms with Crippen LogP contribution in [0.2, 0.25) is 0 Å². The van der Waals surface area contributed by atoms with Crippen LogP contribution >= 0.6 is 0 Å². The molecule has 0 amide bonds. The van der Waals surface area contributed by atoms with E-state index in [-0.39, 0.29) is 5.78 Å². The third-order valence-electron chi connectivity index (χ3n) is 3.03. The summed E-state index contributed by atoms with van der Waals surface area (Å²) in [7, 11) is -3.16. The van der Waals surface area contributed by atoms with E-state index < -0.39 is 14.6 Å². The summed E-state index contributed by atoms with van der Waals surface area (Å²) in [5.41, 5.74) is 1.65. The predicted octanol–water partition coefficient (Wildman–Crippen LogP) is 2.10. The Labute approximate surface area is 103 Å². The van der Waals surface area contributed by atoms with Gasteiger partial charge in [-0.2, -0.15) is 0 Å². The minimum atomic E-state index is -3.16. The summed E-state index contributed by atoms with van der Waals surface area (Å²) >= 11 is 0. The van der Waals surface area contributed by atoms with E-state index >= 15 is 0 Å². The van der Waals surface area contributed by atoms with E-state index in [2.05, 4.69) is 0 Å². The molecule has 0 fully saturated rings. The molecule has 0 atom stereocenters. The highest BCUT2D eigenvalue weighted by Gasteiger charge is 2.31. The van der Waals surface area contributed by atoms with Gasteiger partial charge in [-0.3, -0.25) is 4.79 Å². The van der Waals surface area contributed by atoms with Crippen LogP contribution in [0.5, 0.6) is 0 Å². The zero-order valence-electron chi connectivity index (χ0n) is 10.6. The van der Waals surface area contributed by atoms with Crippen molar-refractivity contribution in [2.24, 2.45) is 0 Å². The number of carbonyl (C=O) groups is 1. The third kappa shape index (κ3) is 3.16. The van der Waals surface area contributed by atoms with Gasteiger partial charge in [-0.05, 0) is 31.9 Å². The molecular weight excluding hydrogens is 236 g/mol. The van der Waals surface area contributed by atoms with Crippen molar-refractivity contribution < 1.29 is 13.2 Å². The Kier molecular flexibility index (Phi) is 3.77. The molecule has 0 aliphatic heterocycles. The van der Waals surface area contributed by atoms with Gasteiger partial charge in [0.1, 0.15) is 5.78 Å². The molecule has 1 rings (SSSR count). The van der Waals surface area contributed by atoms with Crippen LogP contribution in [0.1, 0.15) is 31.9 Å². The molecule has 1 aromatic carbocycles. The predicted molar refractivity (Wildman–Crippen MR) is 68.7 cm³/mol. The second-order valence-corrected chi connectivity index (χ2v) is 7.42. The first-order valence-electron chi connectivity index (χ1n) is 5.43. The molecule has 94 valence electrons. The van der Waals surface area contributed by atoms with Crippen molar-refractivity contribution in [2.75, 3.05) is 6.26 Å². The lowest BCUT2D eigenvalue weighted by Gasteiger charge is -2.23. The molecule has 0 spiro atoms. The van der Waals surface area contributed by atoms with E-state index in [1.807, 2.05) is 12.1 Å². The molecule has 0 aliphatic rings. The van der Waals surface area contributed by atoms with Crippen molar-refractivity contribution in [3.05, 3.63) is 35.4 Å². The second kappa shape index (κ2) is 4.61. The first-order chi connectivity index (χ1) is 7.64. The van der Waals surface area contributed by atoms with Crippen molar-refractivity contribution >= 4 is 15.6 Å². The van der Waals surface area contributed by atoms with Crippen LogP contribution in [0.25, 0.3) is 0 Å². The average molecular weight is 254 g/mol. The molecule has 1 aromatic rings. The lowest BCUT2D eigenvalue weighted by Crippen LogP contribution is -2.27. The molecule has 3 nitrogen and oxygen atoms in total. The number of carbonyl (C=O) groups excluding carboxylic acids is 1. The topological polar surface area (TPSA) is 51.2 Å². The van der Waals surface area contributed by atoms with Crippen LogP contribution in [0.3, 0.4) is 0 Å². The molecule has 0 saturated heterocycles. The smallest absolute Gasteiger partial charge is 0.156 e. The molecule has 17 heavy (non-hydrogen) atoms. The van der Waals surface area contributed by atoms with Crippen LogP contribution in [-0.2, 0) is 25.8 Å². The number of hydrogen-bond acceptors (Lipinski definition) is 3. The van der Waals surface area contributed by atoms with Crippen molar-refractivity contribution in [2.45, 2.75) is 31.9 Å². The lowest BCUT2D eigenvalue weighted by atomic mass is 9.99. The fourth-order valence-corrected chi connectivity index (χ4v) is 2.09. The van der Waals surface area contributed by atoms with Crippen molar-refractivity contribution in [1.29, 1.82) is 0 Å². The number of ketones is 1. The Morgan fingerprint density at radius 1 is 1.18 bits per heavy atom. The summed E-state index contributed by atoms with van der Waals surface area (Å²) in [5.74, 6) is 0.0973. The Hall–Kier alpha value is -1.16. The van der Waals surface area contributed by atoms with Gasteiger partial charge in [0.05, 0.1) is 4.75 Å². The van der Waals surface area contributed by atoms with Crippen molar-refractivity contribution in [1.82, 2.24) is 0 Å². The average Bonchev–Trinajstić information content (AvgIpc) is 2.15. The normalized spacial score (nSPS) is 12.5. The maximum Gasteiger partial charge on any atom is 0.156 e. The summed E-state index contributed by atoms with van der Waals surface area (Å²) in [6, 6.07) is 7.17. The van der Waals surface area contributed by atoms with E-state index in [0.717, 1.165) is 11.1 Å². The van der Waals surface area contributed by atoms with E-state index in [1.54, 1.807) is 26.0 Å². The van der Waals surface area contributed by atoms with Gasteiger partial charge in [0, 0.05) is 12.7 Å². The number of sulfone groups is 1. The van der Waals surface area contributed by atoms with Crippen molar-refractivity contribution in [3.63, 3.8) is 0 Å². The Morgan fingerprint density at radius 3 is 2.00 bits per heavy atom. The minimum Gasteiger partial charge on any atom is -0.300 e. The van der Waals surface area contributed by atoms with Crippen molar-refractivity contribution in [3.8, 4) is 0 Å². The molecule has 0 saturated carbocycles. The maximum absolute atomic E-state index is 11.7. The monoisotopic (exact) mass is 254 g/mol. The van der Waals surface area contributed by atoms with Gasteiger partial charge >= 0.3 is 0 Å². The number of Topliss-reactive ketones (excluding diaryl/α,β-unsaturated/α-hetero) is 1. The van der Waals surface area contributed by atoms with E-state index in [0.29, 0.717) is 6.42 Å². The maximum atomic E-state index is 11.7. The molecule has 0 aliphatic carbocycles. The molecule has 0 unspecified atom stereocenters. The third-order valence-corrected chi connectivity index (χ3v) is 5.12. The summed E-state index contributed by atoms with van der Waals surface area (Å²) in [5, 5.41) is 0. The van der Waals surface area contributed by atoms with Gasteiger partial charge in [0.15, 0.2) is 9.84 Å². The first-order valence-corrected chi connectivity index (χ1v) is 7.32. The van der Waals surface area contributed by atoms with Gasteiger partial charge < -0.3 is 0 Å². The Balaban J connectivity index is 3.07. The fraction of sp³-hybridized carbons (Fsp3) is 0.462. The fourth-order valence-electron chi connectivity index (χ4n) is 1.53. The van der Waals surface area contributed by atoms with Gasteiger partial charge in [-0.25, -0.2) is 8.42 Å². The standard InChI is InChI=1S/C13H18O3S/c1-10(14)9-11-5-7-12(8-6-11)13(2,3)17(4,15)16/h5-8H,9H2,1-4H3. The van der Waals surface area contributed by atoms with Crippen LogP contribution in [-0.4, -0.2) is 20.5 Å². The molecule has 0 bridgehead atoms. The number of rotatable bonds is 4. The minimum absolute atomic E-state index is 0.0973. The highest BCUT2D eigenvalue weighted by molar-refractivity contribution is 7.91. The lowest BCUT2D eigenvalue weighted by molar-refractivity contribution is -0.116. The van der Waals surface area contributed by atoms with E-state index in [4.69, 9.17) is 0 Å². The molecule has 0 heterocycles. The molecule has 0 N–H and O–H groups in total. The van der Waals surface area contributed by atoms with Crippen LogP contribution in [0.4, 0.5) is 0 Å². The Bertz CT molecular complexity index is 510. The highest BCUT2D eigenvalue weighted by atomic mass is 32.2. The van der Waals surface area contributed by atoms with E-state index in [1.165, 1.54) is 13.2 Å². The summed E-state index contributed by atoms with van der Waals surface area (Å²) in [4.78, 5) is 11.0. The first kappa shape index (κ1) is 13.9. The quantitative estimate of drug-likeness (QED) is 0.826. The number of benzene rings is 1. The highest BCUT2D eigenvalue weighted by Crippen LogP contribution is 2.28. The van der Waals surface area contributed by atoms with Gasteiger partial charge in [-0.1, -0.05) is 24.3 Å². The molecule has 4 heteroatoms. The van der Waals surface area contributed by atoms with Gasteiger partial charge in [0.2, 0.25) is 0 Å². The Morgan fingerprint density at radius 2 is 1.65 bits per heavy atom. The number of hydrogen-bond donors (Lipinski definition) is 0. The van der Waals surface area contributed by atoms with Gasteiger partial charge in [0.25, 0.3) is 0 Å². The second-order valence-electron chi connectivity index (χ2n) is 4.86. The van der Waals surface area contributed by atoms with E-state index in [9.17, 15) is 13.2 Å².